The lowest BCUT2D eigenvalue weighted by Crippen LogP contribution is -2.54. The molecule has 1 amide bonds. The summed E-state index contributed by atoms with van der Waals surface area (Å²) in [5.41, 5.74) is 1.04. The van der Waals surface area contributed by atoms with Crippen LogP contribution in [0.3, 0.4) is 0 Å². The zero-order valence-corrected chi connectivity index (χ0v) is 17.5. The van der Waals surface area contributed by atoms with Gasteiger partial charge in [-0.25, -0.2) is 4.79 Å². The second-order valence-corrected chi connectivity index (χ2v) is 7.76. The molecule has 1 aromatic rings. The first kappa shape index (κ1) is 23.8. The van der Waals surface area contributed by atoms with Crippen molar-refractivity contribution in [1.29, 1.82) is 0 Å². The molecule has 1 aromatic carbocycles. The smallest absolute Gasteiger partial charge is 0.326 e. The highest BCUT2D eigenvalue weighted by Gasteiger charge is 2.38. The van der Waals surface area contributed by atoms with Gasteiger partial charge in [-0.15, -0.1) is 0 Å². The van der Waals surface area contributed by atoms with Crippen molar-refractivity contribution in [1.82, 2.24) is 15.5 Å². The number of benzene rings is 1. The summed E-state index contributed by atoms with van der Waals surface area (Å²) in [5.74, 6) is -2.32. The van der Waals surface area contributed by atoms with Gasteiger partial charge in [-0.05, 0) is 57.7 Å². The minimum Gasteiger partial charge on any atom is -0.480 e. The quantitative estimate of drug-likeness (QED) is 0.358. The van der Waals surface area contributed by atoms with Crippen molar-refractivity contribution in [2.45, 2.75) is 63.1 Å². The third-order valence-corrected chi connectivity index (χ3v) is 5.55. The van der Waals surface area contributed by atoms with Crippen LogP contribution in [-0.4, -0.2) is 71.2 Å². The minimum absolute atomic E-state index is 0.310. The molecule has 0 aliphatic carbocycles. The third kappa shape index (κ3) is 7.11. The molecule has 3 atom stereocenters. The fourth-order valence-electron chi connectivity index (χ4n) is 3.89. The van der Waals surface area contributed by atoms with Crippen LogP contribution in [0, 0.1) is 0 Å². The Hall–Kier alpha value is -2.45. The zero-order chi connectivity index (χ0) is 21.9. The molecule has 4 N–H and O–H groups in total. The number of aryl methyl sites for hydroxylation is 1. The molecule has 0 spiro atoms. The molecule has 2 rings (SSSR count). The summed E-state index contributed by atoms with van der Waals surface area (Å²) in [6.07, 6.45) is 4.07. The molecule has 0 saturated carbocycles. The summed E-state index contributed by atoms with van der Waals surface area (Å²) in [6.45, 7) is 1.20. The summed E-state index contributed by atoms with van der Waals surface area (Å²) < 4.78 is 0. The maximum atomic E-state index is 13.1. The normalized spacial score (nSPS) is 18.2. The zero-order valence-electron chi connectivity index (χ0n) is 17.5. The molecule has 1 saturated heterocycles. The Bertz CT molecular complexity index is 697. The number of likely N-dealkylation sites (tertiary alicyclic amines) is 1. The average Bonchev–Trinajstić information content (AvgIpc) is 3.23. The average molecular weight is 420 g/mol. The molecule has 166 valence electrons. The van der Waals surface area contributed by atoms with E-state index in [-0.39, 0.29) is 5.91 Å². The first-order valence-electron chi connectivity index (χ1n) is 10.6. The first-order chi connectivity index (χ1) is 14.4. The van der Waals surface area contributed by atoms with E-state index in [1.54, 1.807) is 0 Å². The second-order valence-electron chi connectivity index (χ2n) is 7.76. The van der Waals surface area contributed by atoms with Crippen molar-refractivity contribution in [3.05, 3.63) is 35.9 Å². The number of unbranched alkanes of at least 4 members (excludes halogenated alkanes) is 1. The van der Waals surface area contributed by atoms with Gasteiger partial charge in [0.15, 0.2) is 0 Å². The van der Waals surface area contributed by atoms with Gasteiger partial charge in [-0.1, -0.05) is 36.8 Å². The Morgan fingerprint density at radius 1 is 1.10 bits per heavy atom. The van der Waals surface area contributed by atoms with Gasteiger partial charge in [0.25, 0.3) is 0 Å². The van der Waals surface area contributed by atoms with Crippen molar-refractivity contribution in [3.8, 4) is 0 Å². The van der Waals surface area contributed by atoms with Gasteiger partial charge in [0.1, 0.15) is 12.1 Å². The lowest BCUT2D eigenvalue weighted by atomic mass is 10.0. The Balaban J connectivity index is 2.07. The Morgan fingerprint density at radius 2 is 1.83 bits per heavy atom. The van der Waals surface area contributed by atoms with Crippen LogP contribution < -0.4 is 10.6 Å². The van der Waals surface area contributed by atoms with Gasteiger partial charge in [0.05, 0.1) is 6.04 Å². The van der Waals surface area contributed by atoms with Crippen LogP contribution in [0.4, 0.5) is 0 Å². The molecular weight excluding hydrogens is 386 g/mol. The van der Waals surface area contributed by atoms with Crippen LogP contribution in [-0.2, 0) is 20.8 Å². The van der Waals surface area contributed by atoms with E-state index in [1.807, 2.05) is 37.4 Å². The van der Waals surface area contributed by atoms with E-state index in [0.29, 0.717) is 38.6 Å². The summed E-state index contributed by atoms with van der Waals surface area (Å²) in [6, 6.07) is 7.20. The number of amides is 1. The number of carboxylic acid groups (broad SMARTS) is 2. The van der Waals surface area contributed by atoms with Crippen molar-refractivity contribution in [2.75, 3.05) is 20.1 Å². The molecule has 1 fully saturated rings. The molecule has 0 radical (unpaired) electrons. The van der Waals surface area contributed by atoms with Crippen molar-refractivity contribution < 1.29 is 24.6 Å². The molecule has 1 aliphatic rings. The van der Waals surface area contributed by atoms with Gasteiger partial charge in [0, 0.05) is 6.54 Å². The standard InChI is InChI=1S/C22H33N3O5/c1-23-14-6-5-10-17(20(26)25-15-7-11-19(25)22(29)30)24-18(21(27)28)13-12-16-8-3-2-4-9-16/h2-4,8-9,17-19,23-24H,5-7,10-15H2,1H3,(H,27,28)(H,29,30)/t17-,18-,19-/m0/s1. The number of aliphatic carboxylic acids is 2. The summed E-state index contributed by atoms with van der Waals surface area (Å²) in [5, 5.41) is 25.2. The maximum Gasteiger partial charge on any atom is 0.326 e. The van der Waals surface area contributed by atoms with Gasteiger partial charge >= 0.3 is 11.9 Å². The Morgan fingerprint density at radius 3 is 2.47 bits per heavy atom. The molecule has 0 aromatic heterocycles. The number of carboxylic acids is 2. The van der Waals surface area contributed by atoms with Gasteiger partial charge < -0.3 is 20.4 Å². The highest BCUT2D eigenvalue weighted by molar-refractivity contribution is 5.88. The summed E-state index contributed by atoms with van der Waals surface area (Å²) >= 11 is 0. The van der Waals surface area contributed by atoms with Crippen LogP contribution in [0.5, 0.6) is 0 Å². The van der Waals surface area contributed by atoms with E-state index in [2.05, 4.69) is 10.6 Å². The van der Waals surface area contributed by atoms with Gasteiger partial charge in [0.2, 0.25) is 5.91 Å². The highest BCUT2D eigenvalue weighted by atomic mass is 16.4. The fraction of sp³-hybridized carbons (Fsp3) is 0.591. The van der Waals surface area contributed by atoms with Crippen LogP contribution in [0.1, 0.15) is 44.1 Å². The maximum absolute atomic E-state index is 13.1. The van der Waals surface area contributed by atoms with E-state index >= 15 is 0 Å². The number of hydrogen-bond donors (Lipinski definition) is 4. The number of carbonyl (C=O) groups is 3. The molecule has 8 heteroatoms. The third-order valence-electron chi connectivity index (χ3n) is 5.55. The van der Waals surface area contributed by atoms with Crippen molar-refractivity contribution >= 4 is 17.8 Å². The predicted octanol–water partition coefficient (Wildman–Crippen LogP) is 1.50. The summed E-state index contributed by atoms with van der Waals surface area (Å²) in [7, 11) is 1.85. The topological polar surface area (TPSA) is 119 Å². The lowest BCUT2D eigenvalue weighted by molar-refractivity contribution is -0.149. The van der Waals surface area contributed by atoms with Crippen molar-refractivity contribution in [2.24, 2.45) is 0 Å². The molecular formula is C22H33N3O5. The second kappa shape index (κ2) is 12.3. The highest BCUT2D eigenvalue weighted by Crippen LogP contribution is 2.20. The largest absolute Gasteiger partial charge is 0.480 e. The van der Waals surface area contributed by atoms with E-state index in [9.17, 15) is 24.6 Å². The number of carbonyl (C=O) groups excluding carboxylic acids is 1. The summed E-state index contributed by atoms with van der Waals surface area (Å²) in [4.78, 5) is 37.9. The SMILES string of the molecule is CNCCCC[C@H](N[C@@H](CCc1ccccc1)C(=O)O)C(=O)N1CCC[C@H]1C(=O)O. The number of nitrogens with one attached hydrogen (secondary N) is 2. The number of hydrogen-bond acceptors (Lipinski definition) is 5. The van der Waals surface area contributed by atoms with E-state index < -0.39 is 30.1 Å². The first-order valence-corrected chi connectivity index (χ1v) is 10.6. The number of rotatable bonds is 13. The minimum atomic E-state index is -1.01. The molecule has 30 heavy (non-hydrogen) atoms. The fourth-order valence-corrected chi connectivity index (χ4v) is 3.89. The van der Waals surface area contributed by atoms with Gasteiger partial charge in [-0.2, -0.15) is 0 Å². The molecule has 1 heterocycles. The monoisotopic (exact) mass is 419 g/mol. The molecule has 1 aliphatic heterocycles. The molecule has 0 bridgehead atoms. The predicted molar refractivity (Wildman–Crippen MR) is 113 cm³/mol. The van der Waals surface area contributed by atoms with E-state index in [0.717, 1.165) is 24.9 Å². The number of nitrogens with zero attached hydrogens (tertiary/aromatic N) is 1. The lowest BCUT2D eigenvalue weighted by Gasteiger charge is -2.29. The van der Waals surface area contributed by atoms with E-state index in [4.69, 9.17) is 0 Å². The molecule has 8 nitrogen and oxygen atoms in total. The van der Waals surface area contributed by atoms with Crippen LogP contribution >= 0.6 is 0 Å². The Kier molecular flexibility index (Phi) is 9.76. The van der Waals surface area contributed by atoms with Gasteiger partial charge in [-0.3, -0.25) is 14.9 Å². The Labute approximate surface area is 177 Å². The molecule has 0 unspecified atom stereocenters. The van der Waals surface area contributed by atoms with Crippen LogP contribution in [0.15, 0.2) is 30.3 Å². The van der Waals surface area contributed by atoms with Crippen LogP contribution in [0.25, 0.3) is 0 Å². The van der Waals surface area contributed by atoms with Crippen molar-refractivity contribution in [3.63, 3.8) is 0 Å². The van der Waals surface area contributed by atoms with Crippen LogP contribution in [0.2, 0.25) is 0 Å². The van der Waals surface area contributed by atoms with E-state index in [1.165, 1.54) is 4.90 Å².